The lowest BCUT2D eigenvalue weighted by molar-refractivity contribution is 0.0268. The van der Waals surface area contributed by atoms with Crippen LogP contribution in [-0.2, 0) is 11.8 Å². The Hall–Kier alpha value is -2.87. The van der Waals surface area contributed by atoms with Crippen LogP contribution in [-0.4, -0.2) is 74.6 Å². The summed E-state index contributed by atoms with van der Waals surface area (Å²) in [7, 11) is 3.49. The number of carbonyl (C=O) groups excluding carboxylic acids is 2. The highest BCUT2D eigenvalue weighted by Crippen LogP contribution is 2.22. The number of hydrogen-bond acceptors (Lipinski definition) is 5. The molecule has 1 aromatic heterocycles. The van der Waals surface area contributed by atoms with Gasteiger partial charge in [-0.05, 0) is 38.5 Å². The van der Waals surface area contributed by atoms with Crippen molar-refractivity contribution in [2.75, 3.05) is 20.1 Å². The molecule has 0 aliphatic carbocycles. The van der Waals surface area contributed by atoms with Crippen LogP contribution < -0.4 is 0 Å². The number of likely N-dealkylation sites (tertiary alicyclic amines) is 1. The van der Waals surface area contributed by atoms with E-state index in [2.05, 4.69) is 5.10 Å². The number of amides is 2. The summed E-state index contributed by atoms with van der Waals surface area (Å²) >= 11 is 0. The fourth-order valence-corrected chi connectivity index (χ4v) is 3.36. The minimum Gasteiger partial charge on any atom is -0.444 e. The van der Waals surface area contributed by atoms with Crippen molar-refractivity contribution in [2.24, 2.45) is 7.05 Å². The maximum absolute atomic E-state index is 12.9. The number of aryl methyl sites for hydroxylation is 1. The van der Waals surface area contributed by atoms with Gasteiger partial charge < -0.3 is 19.6 Å². The van der Waals surface area contributed by atoms with Gasteiger partial charge in [0.2, 0.25) is 0 Å². The minimum atomic E-state index is -0.828. The average molecular weight is 400 g/mol. The van der Waals surface area contributed by atoms with Gasteiger partial charge in [-0.25, -0.2) is 4.79 Å². The van der Waals surface area contributed by atoms with E-state index in [0.717, 1.165) is 11.1 Å². The number of nitrogens with zero attached hydrogens (tertiary/aromatic N) is 4. The third kappa shape index (κ3) is 4.76. The molecule has 2 unspecified atom stereocenters. The largest absolute Gasteiger partial charge is 0.444 e. The number of aromatic nitrogens is 2. The molecule has 2 amide bonds. The van der Waals surface area contributed by atoms with Gasteiger partial charge in [0.1, 0.15) is 5.60 Å². The molecule has 0 saturated carbocycles. The van der Waals surface area contributed by atoms with Crippen LogP contribution in [0, 0.1) is 0 Å². The Labute approximate surface area is 170 Å². The van der Waals surface area contributed by atoms with Gasteiger partial charge in [0, 0.05) is 38.0 Å². The second-order valence-corrected chi connectivity index (χ2v) is 8.42. The van der Waals surface area contributed by atoms with Crippen molar-refractivity contribution in [3.63, 3.8) is 0 Å². The molecule has 1 aliphatic heterocycles. The molecule has 0 radical (unpaired) electrons. The Balaban J connectivity index is 1.67. The highest BCUT2D eigenvalue weighted by atomic mass is 16.6. The number of hydrogen-bond donors (Lipinski definition) is 1. The van der Waals surface area contributed by atoms with E-state index < -0.39 is 23.8 Å². The van der Waals surface area contributed by atoms with E-state index in [1.807, 2.05) is 25.4 Å². The van der Waals surface area contributed by atoms with Crippen molar-refractivity contribution in [1.82, 2.24) is 19.6 Å². The lowest BCUT2D eigenvalue weighted by Crippen LogP contribution is -2.44. The third-order valence-electron chi connectivity index (χ3n) is 4.90. The lowest BCUT2D eigenvalue weighted by Gasteiger charge is -2.27. The SMILES string of the molecule is CN(C(=O)c1ccc(-c2cnn(C)c2)cc1)C1CN(C(=O)OC(C)(C)C)CC1O. The molecule has 0 spiro atoms. The van der Waals surface area contributed by atoms with Crippen LogP contribution in [0.25, 0.3) is 11.1 Å². The molecular weight excluding hydrogens is 372 g/mol. The number of carbonyl (C=O) groups is 2. The van der Waals surface area contributed by atoms with Gasteiger partial charge in [-0.1, -0.05) is 12.1 Å². The lowest BCUT2D eigenvalue weighted by atomic mass is 10.1. The van der Waals surface area contributed by atoms with E-state index >= 15 is 0 Å². The van der Waals surface area contributed by atoms with Gasteiger partial charge in [0.15, 0.2) is 0 Å². The zero-order valence-corrected chi connectivity index (χ0v) is 17.5. The van der Waals surface area contributed by atoms with Crippen LogP contribution in [0.4, 0.5) is 4.79 Å². The van der Waals surface area contributed by atoms with E-state index in [-0.39, 0.29) is 19.0 Å². The molecule has 156 valence electrons. The maximum atomic E-state index is 12.9. The van der Waals surface area contributed by atoms with E-state index in [1.54, 1.807) is 50.8 Å². The monoisotopic (exact) mass is 400 g/mol. The fraction of sp³-hybridized carbons (Fsp3) is 0.476. The van der Waals surface area contributed by atoms with Crippen molar-refractivity contribution >= 4 is 12.0 Å². The summed E-state index contributed by atoms with van der Waals surface area (Å²) in [5, 5.41) is 14.6. The number of β-amino-alcohol motifs (C(OH)–C–C–N with tert-alkyl or cyclic N) is 1. The van der Waals surface area contributed by atoms with Gasteiger partial charge in [-0.3, -0.25) is 9.48 Å². The van der Waals surface area contributed by atoms with Crippen molar-refractivity contribution in [3.05, 3.63) is 42.2 Å². The van der Waals surface area contributed by atoms with Crippen LogP contribution in [0.2, 0.25) is 0 Å². The highest BCUT2D eigenvalue weighted by molar-refractivity contribution is 5.95. The normalized spacial score (nSPS) is 19.3. The number of aliphatic hydroxyl groups excluding tert-OH is 1. The third-order valence-corrected chi connectivity index (χ3v) is 4.90. The summed E-state index contributed by atoms with van der Waals surface area (Å²) in [5.41, 5.74) is 1.84. The summed E-state index contributed by atoms with van der Waals surface area (Å²) in [4.78, 5) is 28.1. The summed E-state index contributed by atoms with van der Waals surface area (Å²) in [6.07, 6.45) is 2.36. The molecular formula is C21H28N4O4. The Bertz CT molecular complexity index is 885. The first-order valence-electron chi connectivity index (χ1n) is 9.57. The summed E-state index contributed by atoms with van der Waals surface area (Å²) in [6, 6.07) is 6.77. The summed E-state index contributed by atoms with van der Waals surface area (Å²) in [5.74, 6) is -0.210. The molecule has 29 heavy (non-hydrogen) atoms. The number of likely N-dealkylation sites (N-methyl/N-ethyl adjacent to an activating group) is 1. The Morgan fingerprint density at radius 2 is 1.83 bits per heavy atom. The number of benzene rings is 1. The molecule has 8 heteroatoms. The molecule has 2 heterocycles. The molecule has 8 nitrogen and oxygen atoms in total. The van der Waals surface area contributed by atoms with Crippen LogP contribution in [0.3, 0.4) is 0 Å². The molecule has 2 atom stereocenters. The van der Waals surface area contributed by atoms with Gasteiger partial charge >= 0.3 is 6.09 Å². The molecule has 1 aromatic carbocycles. The molecule has 3 rings (SSSR count). The Kier molecular flexibility index (Phi) is 5.66. The Morgan fingerprint density at radius 3 is 2.38 bits per heavy atom. The predicted molar refractivity (Wildman–Crippen MR) is 108 cm³/mol. The second kappa shape index (κ2) is 7.87. The van der Waals surface area contributed by atoms with Gasteiger partial charge in [0.25, 0.3) is 5.91 Å². The topological polar surface area (TPSA) is 87.9 Å². The first-order chi connectivity index (χ1) is 13.5. The summed E-state index contributed by atoms with van der Waals surface area (Å²) in [6.45, 7) is 5.74. The summed E-state index contributed by atoms with van der Waals surface area (Å²) < 4.78 is 7.09. The van der Waals surface area contributed by atoms with Crippen molar-refractivity contribution < 1.29 is 19.4 Å². The number of rotatable bonds is 3. The first kappa shape index (κ1) is 20.9. The quantitative estimate of drug-likeness (QED) is 0.853. The molecule has 1 N–H and O–H groups in total. The van der Waals surface area contributed by atoms with Crippen molar-refractivity contribution in [1.29, 1.82) is 0 Å². The minimum absolute atomic E-state index is 0.136. The van der Waals surface area contributed by atoms with E-state index in [9.17, 15) is 14.7 Å². The molecule has 1 fully saturated rings. The van der Waals surface area contributed by atoms with Gasteiger partial charge in [-0.2, -0.15) is 5.10 Å². The van der Waals surface area contributed by atoms with Crippen LogP contribution in [0.15, 0.2) is 36.7 Å². The van der Waals surface area contributed by atoms with Crippen molar-refractivity contribution in [2.45, 2.75) is 38.5 Å². The van der Waals surface area contributed by atoms with E-state index in [0.29, 0.717) is 5.56 Å². The average Bonchev–Trinajstić information content (AvgIpc) is 3.25. The zero-order valence-electron chi connectivity index (χ0n) is 17.5. The molecule has 1 saturated heterocycles. The standard InChI is InChI=1S/C21H28N4O4/c1-21(2,3)29-20(28)25-12-17(18(26)13-25)24(5)19(27)15-8-6-14(7-9-15)16-10-22-23(4)11-16/h6-11,17-18,26H,12-13H2,1-5H3. The molecule has 0 bridgehead atoms. The van der Waals surface area contributed by atoms with Gasteiger partial charge in [0.05, 0.1) is 24.9 Å². The van der Waals surface area contributed by atoms with Gasteiger partial charge in [-0.15, -0.1) is 0 Å². The second-order valence-electron chi connectivity index (χ2n) is 8.42. The first-order valence-corrected chi connectivity index (χ1v) is 9.57. The fourth-order valence-electron chi connectivity index (χ4n) is 3.36. The number of ether oxygens (including phenoxy) is 1. The van der Waals surface area contributed by atoms with Crippen LogP contribution >= 0.6 is 0 Å². The van der Waals surface area contributed by atoms with E-state index in [1.165, 1.54) is 9.80 Å². The molecule has 2 aromatic rings. The maximum Gasteiger partial charge on any atom is 0.410 e. The zero-order chi connectivity index (χ0) is 21.3. The smallest absolute Gasteiger partial charge is 0.410 e. The van der Waals surface area contributed by atoms with Crippen molar-refractivity contribution in [3.8, 4) is 11.1 Å². The van der Waals surface area contributed by atoms with Crippen LogP contribution in [0.1, 0.15) is 31.1 Å². The Morgan fingerprint density at radius 1 is 1.17 bits per heavy atom. The molecule has 1 aliphatic rings. The van der Waals surface area contributed by atoms with Crippen LogP contribution in [0.5, 0.6) is 0 Å². The number of aliphatic hydroxyl groups is 1. The van der Waals surface area contributed by atoms with E-state index in [4.69, 9.17) is 4.74 Å². The highest BCUT2D eigenvalue weighted by Gasteiger charge is 2.39. The predicted octanol–water partition coefficient (Wildman–Crippen LogP) is 2.14.